The Bertz CT molecular complexity index is 465. The molecule has 0 heterocycles. The molecule has 0 aromatic heterocycles. The number of aliphatic carboxylic acids is 1. The molecule has 0 aliphatic heterocycles. The Balaban J connectivity index is 2.49. The van der Waals surface area contributed by atoms with Crippen molar-refractivity contribution >= 4 is 39.6 Å². The molecule has 0 aliphatic carbocycles. The highest BCUT2D eigenvalue weighted by molar-refractivity contribution is 9.10. The summed E-state index contributed by atoms with van der Waals surface area (Å²) in [5.41, 5.74) is 0. The number of benzene rings is 1. The van der Waals surface area contributed by atoms with Crippen molar-refractivity contribution in [1.29, 1.82) is 0 Å². The van der Waals surface area contributed by atoms with Gasteiger partial charge < -0.3 is 10.4 Å². The molecule has 0 saturated carbocycles. The molecule has 0 fully saturated rings. The van der Waals surface area contributed by atoms with Crippen molar-refractivity contribution in [2.75, 3.05) is 5.75 Å². The van der Waals surface area contributed by atoms with Crippen LogP contribution >= 0.6 is 27.7 Å². The van der Waals surface area contributed by atoms with Crippen molar-refractivity contribution in [2.24, 2.45) is 5.92 Å². The van der Waals surface area contributed by atoms with Gasteiger partial charge >= 0.3 is 5.97 Å². The summed E-state index contributed by atoms with van der Waals surface area (Å²) in [6.45, 7) is 3.53. The SMILES string of the molecule is CC(C)[C@@H](NC(=O)CSc1cccc(Br)c1)C(=O)O. The summed E-state index contributed by atoms with van der Waals surface area (Å²) in [6.07, 6.45) is 0. The first-order valence-corrected chi connectivity index (χ1v) is 7.58. The van der Waals surface area contributed by atoms with Gasteiger partial charge in [-0.25, -0.2) is 4.79 Å². The number of carboxylic acid groups (broad SMARTS) is 1. The van der Waals surface area contributed by atoms with E-state index in [0.717, 1.165) is 9.37 Å². The Morgan fingerprint density at radius 2 is 2.11 bits per heavy atom. The molecule has 104 valence electrons. The van der Waals surface area contributed by atoms with E-state index >= 15 is 0 Å². The number of thioether (sulfide) groups is 1. The minimum absolute atomic E-state index is 0.141. The van der Waals surface area contributed by atoms with E-state index in [4.69, 9.17) is 5.11 Å². The van der Waals surface area contributed by atoms with Crippen LogP contribution in [0.25, 0.3) is 0 Å². The van der Waals surface area contributed by atoms with Crippen molar-refractivity contribution in [3.63, 3.8) is 0 Å². The maximum Gasteiger partial charge on any atom is 0.326 e. The van der Waals surface area contributed by atoms with Crippen LogP contribution in [0, 0.1) is 5.92 Å². The van der Waals surface area contributed by atoms with E-state index in [-0.39, 0.29) is 17.6 Å². The van der Waals surface area contributed by atoms with Gasteiger partial charge in [0.25, 0.3) is 0 Å². The first kappa shape index (κ1) is 16.0. The summed E-state index contributed by atoms with van der Waals surface area (Å²) in [5.74, 6) is -1.22. The van der Waals surface area contributed by atoms with E-state index < -0.39 is 12.0 Å². The van der Waals surface area contributed by atoms with Gasteiger partial charge in [0.05, 0.1) is 5.75 Å². The fraction of sp³-hybridized carbons (Fsp3) is 0.385. The molecule has 1 aromatic carbocycles. The molecule has 0 spiro atoms. The van der Waals surface area contributed by atoms with Gasteiger partial charge in [0.2, 0.25) is 5.91 Å². The van der Waals surface area contributed by atoms with E-state index in [1.165, 1.54) is 11.8 Å². The first-order valence-electron chi connectivity index (χ1n) is 5.80. The third kappa shape index (κ3) is 5.65. The van der Waals surface area contributed by atoms with Crippen LogP contribution in [-0.2, 0) is 9.59 Å². The minimum atomic E-state index is -1.00. The molecule has 0 saturated heterocycles. The Morgan fingerprint density at radius 3 is 2.63 bits per heavy atom. The van der Waals surface area contributed by atoms with Crippen molar-refractivity contribution in [2.45, 2.75) is 24.8 Å². The second-order valence-corrected chi connectivity index (χ2v) is 6.34. The highest BCUT2D eigenvalue weighted by atomic mass is 79.9. The smallest absolute Gasteiger partial charge is 0.326 e. The zero-order chi connectivity index (χ0) is 14.4. The molecule has 0 aliphatic rings. The Kier molecular flexibility index (Phi) is 6.37. The Hall–Kier alpha value is -1.01. The number of amides is 1. The van der Waals surface area contributed by atoms with Gasteiger partial charge in [-0.2, -0.15) is 0 Å². The van der Waals surface area contributed by atoms with Crippen LogP contribution < -0.4 is 5.32 Å². The van der Waals surface area contributed by atoms with Gasteiger partial charge in [0.15, 0.2) is 0 Å². The molecule has 1 aromatic rings. The Morgan fingerprint density at radius 1 is 1.42 bits per heavy atom. The number of carbonyl (C=O) groups is 2. The normalized spacial score (nSPS) is 12.2. The van der Waals surface area contributed by atoms with Crippen LogP contribution in [0.1, 0.15) is 13.8 Å². The second-order valence-electron chi connectivity index (χ2n) is 4.37. The van der Waals surface area contributed by atoms with Crippen molar-refractivity contribution in [3.8, 4) is 0 Å². The summed E-state index contributed by atoms with van der Waals surface area (Å²) in [7, 11) is 0. The predicted octanol–water partition coefficient (Wildman–Crippen LogP) is 2.77. The molecular weight excluding hydrogens is 330 g/mol. The minimum Gasteiger partial charge on any atom is -0.480 e. The van der Waals surface area contributed by atoms with Gasteiger partial charge in [-0.3, -0.25) is 4.79 Å². The number of nitrogens with one attached hydrogen (secondary N) is 1. The summed E-state index contributed by atoms with van der Waals surface area (Å²) in [5, 5.41) is 11.5. The molecule has 6 heteroatoms. The average molecular weight is 346 g/mol. The lowest BCUT2D eigenvalue weighted by molar-refractivity contribution is -0.142. The zero-order valence-corrected chi connectivity index (χ0v) is 13.1. The van der Waals surface area contributed by atoms with Crippen LogP contribution in [0.15, 0.2) is 33.6 Å². The number of carboxylic acids is 1. The van der Waals surface area contributed by atoms with Crippen molar-refractivity contribution in [3.05, 3.63) is 28.7 Å². The van der Waals surface area contributed by atoms with Crippen LogP contribution in [0.5, 0.6) is 0 Å². The molecule has 4 nitrogen and oxygen atoms in total. The summed E-state index contributed by atoms with van der Waals surface area (Å²) in [6, 6.07) is 6.77. The molecular formula is C13H16BrNO3S. The fourth-order valence-electron chi connectivity index (χ4n) is 1.43. The molecule has 1 atom stereocenters. The van der Waals surface area contributed by atoms with E-state index in [0.29, 0.717) is 0 Å². The van der Waals surface area contributed by atoms with Gasteiger partial charge in [0.1, 0.15) is 6.04 Å². The Labute approximate surface area is 125 Å². The zero-order valence-electron chi connectivity index (χ0n) is 10.7. The second kappa shape index (κ2) is 7.55. The van der Waals surface area contributed by atoms with Gasteiger partial charge in [-0.05, 0) is 24.1 Å². The third-order valence-electron chi connectivity index (χ3n) is 2.42. The molecule has 2 N–H and O–H groups in total. The first-order chi connectivity index (χ1) is 8.90. The van der Waals surface area contributed by atoms with Crippen LogP contribution in [0.4, 0.5) is 0 Å². The molecule has 19 heavy (non-hydrogen) atoms. The van der Waals surface area contributed by atoms with Crippen LogP contribution in [0.3, 0.4) is 0 Å². The van der Waals surface area contributed by atoms with E-state index in [9.17, 15) is 9.59 Å². The number of hydrogen-bond donors (Lipinski definition) is 2. The number of carbonyl (C=O) groups excluding carboxylic acids is 1. The maximum absolute atomic E-state index is 11.7. The third-order valence-corrected chi connectivity index (χ3v) is 3.90. The van der Waals surface area contributed by atoms with Crippen molar-refractivity contribution in [1.82, 2.24) is 5.32 Å². The maximum atomic E-state index is 11.7. The van der Waals surface area contributed by atoms with Crippen molar-refractivity contribution < 1.29 is 14.7 Å². The number of hydrogen-bond acceptors (Lipinski definition) is 3. The lowest BCUT2D eigenvalue weighted by atomic mass is 10.1. The van der Waals surface area contributed by atoms with E-state index in [2.05, 4.69) is 21.2 Å². The van der Waals surface area contributed by atoms with Gasteiger partial charge in [-0.15, -0.1) is 11.8 Å². The number of rotatable bonds is 6. The topological polar surface area (TPSA) is 66.4 Å². The highest BCUT2D eigenvalue weighted by Gasteiger charge is 2.23. The van der Waals surface area contributed by atoms with Crippen LogP contribution in [-0.4, -0.2) is 28.8 Å². The van der Waals surface area contributed by atoms with E-state index in [1.807, 2.05) is 24.3 Å². The highest BCUT2D eigenvalue weighted by Crippen LogP contribution is 2.21. The predicted molar refractivity (Wildman–Crippen MR) is 79.3 cm³/mol. The quantitative estimate of drug-likeness (QED) is 0.778. The standard InChI is InChI=1S/C13H16BrNO3S/c1-8(2)12(13(17)18)15-11(16)7-19-10-5-3-4-9(14)6-10/h3-6,8,12H,7H2,1-2H3,(H,15,16)(H,17,18)/t12-/m1/s1. The fourth-order valence-corrected chi connectivity index (χ4v) is 2.75. The molecule has 1 rings (SSSR count). The largest absolute Gasteiger partial charge is 0.480 e. The number of halogens is 1. The van der Waals surface area contributed by atoms with Crippen LogP contribution in [0.2, 0.25) is 0 Å². The molecule has 1 amide bonds. The lowest BCUT2D eigenvalue weighted by Gasteiger charge is -2.17. The monoisotopic (exact) mass is 345 g/mol. The molecule has 0 radical (unpaired) electrons. The summed E-state index contributed by atoms with van der Waals surface area (Å²) < 4.78 is 0.948. The van der Waals surface area contributed by atoms with Gasteiger partial charge in [0, 0.05) is 9.37 Å². The van der Waals surface area contributed by atoms with Gasteiger partial charge in [-0.1, -0.05) is 35.8 Å². The lowest BCUT2D eigenvalue weighted by Crippen LogP contribution is -2.45. The summed E-state index contributed by atoms with van der Waals surface area (Å²) >= 11 is 4.73. The average Bonchev–Trinajstić information content (AvgIpc) is 2.32. The molecule has 0 bridgehead atoms. The van der Waals surface area contributed by atoms with E-state index in [1.54, 1.807) is 13.8 Å². The molecule has 0 unspecified atom stereocenters. The summed E-state index contributed by atoms with van der Waals surface area (Å²) in [4.78, 5) is 23.6.